The van der Waals surface area contributed by atoms with Crippen molar-refractivity contribution < 1.29 is 17.9 Å². The maximum Gasteiger partial charge on any atom is 0.246 e. The summed E-state index contributed by atoms with van der Waals surface area (Å²) in [6.07, 6.45) is 0.792. The number of nitrogens with zero attached hydrogens (tertiary/aromatic N) is 1. The van der Waals surface area contributed by atoms with E-state index in [2.05, 4.69) is 0 Å². The first-order chi connectivity index (χ1) is 8.71. The third kappa shape index (κ3) is 3.38. The molecule has 0 bridgehead atoms. The highest BCUT2D eigenvalue weighted by atomic mass is 32.2. The van der Waals surface area contributed by atoms with E-state index in [1.165, 1.54) is 4.31 Å². The molecule has 0 saturated heterocycles. The Labute approximate surface area is 115 Å². The first kappa shape index (κ1) is 16.2. The van der Waals surface area contributed by atoms with Gasteiger partial charge in [0.15, 0.2) is 0 Å². The van der Waals surface area contributed by atoms with Gasteiger partial charge in [-0.3, -0.25) is 0 Å². The van der Waals surface area contributed by atoms with Gasteiger partial charge in [-0.05, 0) is 26.2 Å². The third-order valence-corrected chi connectivity index (χ3v) is 5.23. The summed E-state index contributed by atoms with van der Waals surface area (Å²) in [5.41, 5.74) is 0.355. The second-order valence-corrected chi connectivity index (χ2v) is 7.17. The number of aliphatic hydroxyl groups excluding tert-OH is 1. The molecule has 0 spiro atoms. The molecule has 1 aromatic rings. The van der Waals surface area contributed by atoms with Gasteiger partial charge in [-0.2, -0.15) is 0 Å². The number of hydrogen-bond donors (Lipinski definition) is 1. The molecule has 1 aromatic heterocycles. The number of aryl methyl sites for hydroxylation is 2. The van der Waals surface area contributed by atoms with Crippen molar-refractivity contribution in [2.24, 2.45) is 5.92 Å². The molecule has 0 unspecified atom stereocenters. The molecule has 19 heavy (non-hydrogen) atoms. The summed E-state index contributed by atoms with van der Waals surface area (Å²) < 4.78 is 31.7. The Morgan fingerprint density at radius 1 is 1.26 bits per heavy atom. The number of rotatable bonds is 6. The van der Waals surface area contributed by atoms with Gasteiger partial charge in [-0.1, -0.05) is 13.8 Å². The number of furan rings is 1. The Morgan fingerprint density at radius 3 is 2.32 bits per heavy atom. The number of hydrogen-bond acceptors (Lipinski definition) is 4. The lowest BCUT2D eigenvalue weighted by Crippen LogP contribution is -2.29. The fourth-order valence-electron chi connectivity index (χ4n) is 1.95. The van der Waals surface area contributed by atoms with Crippen molar-refractivity contribution in [1.82, 2.24) is 4.31 Å². The van der Waals surface area contributed by atoms with E-state index in [9.17, 15) is 13.5 Å². The van der Waals surface area contributed by atoms with E-state index in [0.717, 1.165) is 6.42 Å². The van der Waals surface area contributed by atoms with Gasteiger partial charge in [0.25, 0.3) is 0 Å². The molecule has 0 fully saturated rings. The second kappa shape index (κ2) is 6.07. The van der Waals surface area contributed by atoms with Crippen LogP contribution in [0.15, 0.2) is 9.31 Å². The summed E-state index contributed by atoms with van der Waals surface area (Å²) in [6, 6.07) is 0. The van der Waals surface area contributed by atoms with Gasteiger partial charge in [0.2, 0.25) is 10.0 Å². The second-order valence-electron chi connectivity index (χ2n) is 5.19. The topological polar surface area (TPSA) is 70.8 Å². The Morgan fingerprint density at radius 2 is 1.84 bits per heavy atom. The summed E-state index contributed by atoms with van der Waals surface area (Å²) in [7, 11) is -2.05. The summed E-state index contributed by atoms with van der Waals surface area (Å²) in [5, 5.41) is 9.33. The molecule has 1 rings (SSSR count). The average Bonchev–Trinajstić information content (AvgIpc) is 2.60. The van der Waals surface area contributed by atoms with Crippen molar-refractivity contribution in [2.45, 2.75) is 45.6 Å². The van der Waals surface area contributed by atoms with Crippen LogP contribution in [-0.2, 0) is 16.6 Å². The molecule has 6 heteroatoms. The molecular weight excluding hydrogens is 266 g/mol. The van der Waals surface area contributed by atoms with Gasteiger partial charge < -0.3 is 9.52 Å². The summed E-state index contributed by atoms with van der Waals surface area (Å²) in [5.74, 6) is 1.22. The zero-order valence-corrected chi connectivity index (χ0v) is 13.0. The van der Waals surface area contributed by atoms with Crippen LogP contribution in [0, 0.1) is 19.8 Å². The van der Waals surface area contributed by atoms with Crippen LogP contribution in [0.4, 0.5) is 0 Å². The molecule has 5 nitrogen and oxygen atoms in total. The normalized spacial score (nSPS) is 12.6. The lowest BCUT2D eigenvalue weighted by atomic mass is 10.1. The van der Waals surface area contributed by atoms with Crippen LogP contribution in [0.1, 0.15) is 37.4 Å². The van der Waals surface area contributed by atoms with Crippen LogP contribution in [-0.4, -0.2) is 31.4 Å². The largest absolute Gasteiger partial charge is 0.465 e. The van der Waals surface area contributed by atoms with Gasteiger partial charge in [0, 0.05) is 19.2 Å². The Balaban J connectivity index is 3.13. The predicted octanol–water partition coefficient (Wildman–Crippen LogP) is 2.06. The summed E-state index contributed by atoms with van der Waals surface area (Å²) in [4.78, 5) is 0.110. The van der Waals surface area contributed by atoms with E-state index in [1.54, 1.807) is 20.9 Å². The standard InChI is InChI=1S/C13H23NO4S/c1-9(2)6-7-14(5)19(16,17)13-11(4)18-10(3)12(13)8-15/h9,15H,6-8H2,1-5H3. The molecule has 0 radical (unpaired) electrons. The lowest BCUT2D eigenvalue weighted by molar-refractivity contribution is 0.276. The van der Waals surface area contributed by atoms with Crippen molar-refractivity contribution in [3.8, 4) is 0 Å². The molecule has 0 aliphatic carbocycles. The Bertz CT molecular complexity index is 531. The SMILES string of the molecule is Cc1oc(C)c(S(=O)(=O)N(C)CCC(C)C)c1CO. The minimum Gasteiger partial charge on any atom is -0.465 e. The van der Waals surface area contributed by atoms with E-state index < -0.39 is 10.0 Å². The van der Waals surface area contributed by atoms with Crippen LogP contribution < -0.4 is 0 Å². The third-order valence-electron chi connectivity index (χ3n) is 3.17. The molecule has 0 saturated carbocycles. The molecular formula is C13H23NO4S. The molecule has 0 atom stereocenters. The van der Waals surface area contributed by atoms with E-state index in [1.807, 2.05) is 13.8 Å². The van der Waals surface area contributed by atoms with Crippen molar-refractivity contribution in [2.75, 3.05) is 13.6 Å². The van der Waals surface area contributed by atoms with Gasteiger partial charge in [-0.15, -0.1) is 0 Å². The van der Waals surface area contributed by atoms with Crippen molar-refractivity contribution >= 4 is 10.0 Å². The zero-order chi connectivity index (χ0) is 14.8. The fourth-order valence-corrected chi connectivity index (χ4v) is 3.53. The predicted molar refractivity (Wildman–Crippen MR) is 73.4 cm³/mol. The van der Waals surface area contributed by atoms with E-state index in [0.29, 0.717) is 29.5 Å². The van der Waals surface area contributed by atoms with Crippen LogP contribution in [0.3, 0.4) is 0 Å². The van der Waals surface area contributed by atoms with Crippen LogP contribution in [0.5, 0.6) is 0 Å². The zero-order valence-electron chi connectivity index (χ0n) is 12.2. The molecule has 0 aliphatic heterocycles. The van der Waals surface area contributed by atoms with Crippen molar-refractivity contribution in [3.05, 3.63) is 17.1 Å². The monoisotopic (exact) mass is 289 g/mol. The van der Waals surface area contributed by atoms with Crippen molar-refractivity contribution in [1.29, 1.82) is 0 Å². The maximum absolute atomic E-state index is 12.5. The smallest absolute Gasteiger partial charge is 0.246 e. The molecule has 0 aromatic carbocycles. The maximum atomic E-state index is 12.5. The van der Waals surface area contributed by atoms with Gasteiger partial charge in [0.1, 0.15) is 16.4 Å². The minimum atomic E-state index is -3.61. The first-order valence-corrected chi connectivity index (χ1v) is 7.81. The van der Waals surface area contributed by atoms with Gasteiger partial charge in [-0.25, -0.2) is 12.7 Å². The molecule has 110 valence electrons. The van der Waals surface area contributed by atoms with E-state index in [-0.39, 0.29) is 11.5 Å². The lowest BCUT2D eigenvalue weighted by Gasteiger charge is -2.18. The highest BCUT2D eigenvalue weighted by Gasteiger charge is 2.29. The number of aliphatic hydroxyl groups is 1. The molecule has 0 amide bonds. The molecule has 1 N–H and O–H groups in total. The highest BCUT2D eigenvalue weighted by molar-refractivity contribution is 7.89. The van der Waals surface area contributed by atoms with Crippen LogP contribution in [0.2, 0.25) is 0 Å². The Kier molecular flexibility index (Phi) is 5.18. The van der Waals surface area contributed by atoms with Crippen LogP contribution in [0.25, 0.3) is 0 Å². The average molecular weight is 289 g/mol. The molecule has 0 aliphatic rings. The first-order valence-electron chi connectivity index (χ1n) is 6.37. The van der Waals surface area contributed by atoms with Crippen molar-refractivity contribution in [3.63, 3.8) is 0 Å². The van der Waals surface area contributed by atoms with E-state index >= 15 is 0 Å². The highest BCUT2D eigenvalue weighted by Crippen LogP contribution is 2.28. The fraction of sp³-hybridized carbons (Fsp3) is 0.692. The quantitative estimate of drug-likeness (QED) is 0.870. The van der Waals surface area contributed by atoms with Gasteiger partial charge in [0.05, 0.1) is 6.61 Å². The van der Waals surface area contributed by atoms with Gasteiger partial charge >= 0.3 is 0 Å². The number of sulfonamides is 1. The van der Waals surface area contributed by atoms with Crippen LogP contribution >= 0.6 is 0 Å². The minimum absolute atomic E-state index is 0.110. The summed E-state index contributed by atoms with van der Waals surface area (Å²) in [6.45, 7) is 7.48. The summed E-state index contributed by atoms with van der Waals surface area (Å²) >= 11 is 0. The van der Waals surface area contributed by atoms with E-state index in [4.69, 9.17) is 4.42 Å². The molecule has 1 heterocycles. The Hall–Kier alpha value is -0.850.